The Morgan fingerprint density at radius 3 is 2.24 bits per heavy atom. The van der Waals surface area contributed by atoms with Crippen molar-refractivity contribution in [1.29, 1.82) is 0 Å². The van der Waals surface area contributed by atoms with E-state index in [0.29, 0.717) is 22.6 Å². The van der Waals surface area contributed by atoms with Gasteiger partial charge >= 0.3 is 18.3 Å². The summed E-state index contributed by atoms with van der Waals surface area (Å²) in [4.78, 5) is 10.9. The Bertz CT molecular complexity index is 1130. The molecule has 33 heavy (non-hydrogen) atoms. The van der Waals surface area contributed by atoms with Gasteiger partial charge in [0.25, 0.3) is 0 Å². The lowest BCUT2D eigenvalue weighted by Crippen LogP contribution is -2.14. The number of halogens is 6. The summed E-state index contributed by atoms with van der Waals surface area (Å²) in [6.07, 6.45) is -9.20. The quantitative estimate of drug-likeness (QED) is 0.284. The molecule has 0 aliphatic carbocycles. The number of hydrogen-bond donors (Lipinski definition) is 1. The van der Waals surface area contributed by atoms with Gasteiger partial charge in [0.2, 0.25) is 0 Å². The molecule has 0 amide bonds. The zero-order valence-electron chi connectivity index (χ0n) is 16.9. The van der Waals surface area contributed by atoms with Crippen molar-refractivity contribution >= 4 is 17.7 Å². The molecule has 0 aliphatic rings. The summed E-state index contributed by atoms with van der Waals surface area (Å²) in [5, 5.41) is 8.62. The van der Waals surface area contributed by atoms with Gasteiger partial charge in [-0.25, -0.2) is 4.79 Å². The lowest BCUT2D eigenvalue weighted by Gasteiger charge is -2.14. The minimum absolute atomic E-state index is 0.239. The van der Waals surface area contributed by atoms with Crippen molar-refractivity contribution in [2.24, 2.45) is 0 Å². The van der Waals surface area contributed by atoms with Crippen molar-refractivity contribution < 1.29 is 45.4 Å². The zero-order valence-corrected chi connectivity index (χ0v) is 17.7. The summed E-state index contributed by atoms with van der Waals surface area (Å²) in [7, 11) is 0. The molecule has 11 heteroatoms. The van der Waals surface area contributed by atoms with E-state index < -0.39 is 41.8 Å². The zero-order chi connectivity index (χ0) is 24.4. The van der Waals surface area contributed by atoms with Gasteiger partial charge in [0.1, 0.15) is 17.3 Å². The fourth-order valence-electron chi connectivity index (χ4n) is 2.88. The van der Waals surface area contributed by atoms with Gasteiger partial charge in [-0.05, 0) is 43.3 Å². The first-order valence-corrected chi connectivity index (χ1v) is 10.3. The number of furan rings is 1. The van der Waals surface area contributed by atoms with Crippen LogP contribution in [0, 0.1) is 6.92 Å². The van der Waals surface area contributed by atoms with E-state index in [1.165, 1.54) is 18.2 Å². The van der Waals surface area contributed by atoms with Crippen molar-refractivity contribution in [3.8, 4) is 17.1 Å². The summed E-state index contributed by atoms with van der Waals surface area (Å²) in [5.74, 6) is -0.929. The Hall–Kier alpha value is -3.08. The van der Waals surface area contributed by atoms with Gasteiger partial charge in [0.15, 0.2) is 6.61 Å². The molecule has 1 N–H and O–H groups in total. The number of carboxylic acids is 1. The molecule has 2 aromatic carbocycles. The molecule has 0 saturated heterocycles. The molecule has 3 aromatic rings. The van der Waals surface area contributed by atoms with E-state index in [1.54, 1.807) is 13.0 Å². The van der Waals surface area contributed by atoms with E-state index in [0.717, 1.165) is 36.0 Å². The van der Waals surface area contributed by atoms with E-state index in [9.17, 15) is 31.1 Å². The van der Waals surface area contributed by atoms with Crippen molar-refractivity contribution in [3.63, 3.8) is 0 Å². The van der Waals surface area contributed by atoms with Gasteiger partial charge in [0, 0.05) is 21.8 Å². The van der Waals surface area contributed by atoms with Crippen LogP contribution >= 0.6 is 11.8 Å². The summed E-state index contributed by atoms with van der Waals surface area (Å²) in [5.41, 5.74) is -0.791. The van der Waals surface area contributed by atoms with Crippen LogP contribution in [0.5, 0.6) is 5.75 Å². The van der Waals surface area contributed by atoms with Crippen molar-refractivity contribution in [3.05, 3.63) is 71.0 Å². The summed E-state index contributed by atoms with van der Waals surface area (Å²) < 4.78 is 88.6. The second-order valence-corrected chi connectivity index (χ2v) is 7.94. The average molecular weight is 490 g/mol. The minimum atomic E-state index is -4.74. The first-order valence-electron chi connectivity index (χ1n) is 9.30. The first kappa shape index (κ1) is 24.6. The molecule has 0 saturated carbocycles. The fraction of sp³-hybridized carbons (Fsp3) is 0.227. The Kier molecular flexibility index (Phi) is 7.01. The van der Waals surface area contributed by atoms with Gasteiger partial charge in [-0.15, -0.1) is 11.8 Å². The van der Waals surface area contributed by atoms with Crippen LogP contribution in [0.1, 0.15) is 22.5 Å². The van der Waals surface area contributed by atoms with Gasteiger partial charge in [0.05, 0.1) is 11.1 Å². The molecule has 0 aliphatic heterocycles. The Balaban J connectivity index is 1.76. The van der Waals surface area contributed by atoms with Crippen LogP contribution < -0.4 is 4.74 Å². The highest BCUT2D eigenvalue weighted by Crippen LogP contribution is 2.40. The van der Waals surface area contributed by atoms with Crippen LogP contribution in [0.3, 0.4) is 0 Å². The number of carbonyl (C=O) groups is 1. The minimum Gasteiger partial charge on any atom is -0.481 e. The van der Waals surface area contributed by atoms with Crippen LogP contribution in [0.4, 0.5) is 26.3 Å². The number of hydrogen-bond acceptors (Lipinski definition) is 4. The Morgan fingerprint density at radius 2 is 1.67 bits per heavy atom. The smallest absolute Gasteiger partial charge is 0.420 e. The van der Waals surface area contributed by atoms with Crippen LogP contribution in [-0.4, -0.2) is 17.7 Å². The number of carboxylic acid groups (broad SMARTS) is 1. The lowest BCUT2D eigenvalue weighted by atomic mass is 10.1. The van der Waals surface area contributed by atoms with Gasteiger partial charge < -0.3 is 14.3 Å². The molecule has 0 unspecified atom stereocenters. The van der Waals surface area contributed by atoms with Crippen molar-refractivity contribution in [2.75, 3.05) is 6.61 Å². The molecular formula is C22H16F6O4S. The largest absolute Gasteiger partial charge is 0.481 e. The molecule has 3 rings (SSSR count). The Labute approximate surface area is 188 Å². The number of ether oxygens (including phenoxy) is 1. The fourth-order valence-corrected chi connectivity index (χ4v) is 3.85. The highest BCUT2D eigenvalue weighted by Gasteiger charge is 2.35. The summed E-state index contributed by atoms with van der Waals surface area (Å²) >= 11 is 1.08. The maximum absolute atomic E-state index is 13.4. The highest BCUT2D eigenvalue weighted by atomic mass is 32.2. The van der Waals surface area contributed by atoms with Crippen LogP contribution in [-0.2, 0) is 22.9 Å². The molecule has 0 spiro atoms. The van der Waals surface area contributed by atoms with Gasteiger partial charge in [-0.1, -0.05) is 12.1 Å². The number of rotatable bonds is 7. The monoisotopic (exact) mass is 490 g/mol. The van der Waals surface area contributed by atoms with Gasteiger partial charge in [-0.2, -0.15) is 26.3 Å². The van der Waals surface area contributed by atoms with Crippen LogP contribution in [0.15, 0.2) is 57.8 Å². The summed E-state index contributed by atoms with van der Waals surface area (Å²) in [6, 6.07) is 9.37. The Morgan fingerprint density at radius 1 is 1.00 bits per heavy atom. The third kappa shape index (κ3) is 6.25. The normalized spacial score (nSPS) is 12.1. The molecule has 1 aromatic heterocycles. The number of aryl methyl sites for hydroxylation is 1. The van der Waals surface area contributed by atoms with E-state index in [4.69, 9.17) is 14.3 Å². The van der Waals surface area contributed by atoms with Crippen LogP contribution in [0.2, 0.25) is 0 Å². The van der Waals surface area contributed by atoms with Crippen LogP contribution in [0.25, 0.3) is 11.3 Å². The molecule has 0 fully saturated rings. The SMILES string of the molecule is Cc1oc(-c2ccc(C(F)(F)F)cc2)cc1CSc1ccc(OCC(=O)O)c(C(F)(F)F)c1. The van der Waals surface area contributed by atoms with Gasteiger partial charge in [-0.3, -0.25) is 0 Å². The van der Waals surface area contributed by atoms with E-state index in [-0.39, 0.29) is 10.6 Å². The molecule has 1 heterocycles. The maximum Gasteiger partial charge on any atom is 0.420 e. The second-order valence-electron chi connectivity index (χ2n) is 6.89. The number of aliphatic carboxylic acids is 1. The number of thioether (sulfide) groups is 1. The number of alkyl halides is 6. The molecule has 176 valence electrons. The lowest BCUT2D eigenvalue weighted by molar-refractivity contribution is -0.143. The third-order valence-corrected chi connectivity index (χ3v) is 5.56. The maximum atomic E-state index is 13.4. The van der Waals surface area contributed by atoms with Crippen molar-refractivity contribution in [1.82, 2.24) is 0 Å². The second kappa shape index (κ2) is 9.42. The molecule has 0 bridgehead atoms. The molecule has 0 atom stereocenters. The topological polar surface area (TPSA) is 59.7 Å². The van der Waals surface area contributed by atoms with Crippen molar-refractivity contribution in [2.45, 2.75) is 29.9 Å². The van der Waals surface area contributed by atoms with E-state index in [1.807, 2.05) is 0 Å². The number of benzene rings is 2. The summed E-state index contributed by atoms with van der Waals surface area (Å²) in [6.45, 7) is 0.740. The standard InChI is InChI=1S/C22H16F6O4S/c1-12-14(8-19(32-12)13-2-4-15(5-3-13)21(23,24)25)11-33-16-6-7-18(31-10-20(29)30)17(9-16)22(26,27)28/h2-9H,10-11H2,1H3,(H,29,30). The first-order chi connectivity index (χ1) is 15.3. The molecule has 0 radical (unpaired) electrons. The predicted molar refractivity (Wildman–Crippen MR) is 108 cm³/mol. The highest BCUT2D eigenvalue weighted by molar-refractivity contribution is 7.98. The third-order valence-electron chi connectivity index (χ3n) is 4.52. The predicted octanol–water partition coefficient (Wildman–Crippen LogP) is 7.05. The van der Waals surface area contributed by atoms with E-state index >= 15 is 0 Å². The average Bonchev–Trinajstić information content (AvgIpc) is 3.10. The molecule has 4 nitrogen and oxygen atoms in total. The van der Waals surface area contributed by atoms with E-state index in [2.05, 4.69) is 0 Å². The molecular weight excluding hydrogens is 474 g/mol.